The van der Waals surface area contributed by atoms with Gasteiger partial charge < -0.3 is 14.6 Å². The molecule has 0 saturated carbocycles. The van der Waals surface area contributed by atoms with Crippen molar-refractivity contribution < 1.29 is 18.4 Å². The Bertz CT molecular complexity index is 1110. The fourth-order valence-electron chi connectivity index (χ4n) is 3.62. The summed E-state index contributed by atoms with van der Waals surface area (Å²) >= 11 is 0. The zero-order valence-electron chi connectivity index (χ0n) is 18.0. The van der Waals surface area contributed by atoms with Crippen LogP contribution >= 0.6 is 0 Å². The Balaban J connectivity index is 1.39. The van der Waals surface area contributed by atoms with E-state index in [-0.39, 0.29) is 17.6 Å². The number of halogens is 1. The molecule has 3 aromatic rings. The van der Waals surface area contributed by atoms with Crippen LogP contribution in [-0.2, 0) is 16.0 Å². The Labute approximate surface area is 185 Å². The van der Waals surface area contributed by atoms with Crippen molar-refractivity contribution in [1.29, 1.82) is 0 Å². The number of nitrogens with zero attached hydrogens (tertiary/aromatic N) is 3. The van der Waals surface area contributed by atoms with Gasteiger partial charge in [-0.05, 0) is 23.6 Å². The lowest BCUT2D eigenvalue weighted by atomic mass is 9.96. The van der Waals surface area contributed by atoms with E-state index in [1.807, 2.05) is 35.2 Å². The maximum atomic E-state index is 14.0. The first-order valence-corrected chi connectivity index (χ1v) is 10.4. The number of nitrogens with one attached hydrogen (secondary N) is 1. The second-order valence-electron chi connectivity index (χ2n) is 7.83. The highest BCUT2D eigenvalue weighted by atomic mass is 19.1. The second kappa shape index (κ2) is 9.74. The SMILES string of the molecule is COC(CN1CNC(=O)C1)=Nc1cc(C(C)Cc2ccc(-c3ccccc3F)cc2)no1. The molecular formula is C24H25FN4O3. The summed E-state index contributed by atoms with van der Waals surface area (Å²) in [6, 6.07) is 16.4. The summed E-state index contributed by atoms with van der Waals surface area (Å²) < 4.78 is 24.7. The zero-order chi connectivity index (χ0) is 22.5. The highest BCUT2D eigenvalue weighted by Crippen LogP contribution is 2.26. The zero-order valence-corrected chi connectivity index (χ0v) is 18.0. The summed E-state index contributed by atoms with van der Waals surface area (Å²) in [6.45, 7) is 3.25. The van der Waals surface area contributed by atoms with E-state index in [0.717, 1.165) is 23.2 Å². The molecular weight excluding hydrogens is 411 g/mol. The Kier molecular flexibility index (Phi) is 6.61. The van der Waals surface area contributed by atoms with Crippen LogP contribution in [0.15, 0.2) is 64.1 Å². The summed E-state index contributed by atoms with van der Waals surface area (Å²) in [4.78, 5) is 17.6. The van der Waals surface area contributed by atoms with Crippen LogP contribution in [0.3, 0.4) is 0 Å². The summed E-state index contributed by atoms with van der Waals surface area (Å²) in [5.41, 5.74) is 3.35. The van der Waals surface area contributed by atoms with Crippen LogP contribution in [0.5, 0.6) is 0 Å². The molecule has 1 fully saturated rings. The number of aromatic nitrogens is 1. The minimum Gasteiger partial charge on any atom is -0.483 e. The van der Waals surface area contributed by atoms with Crippen molar-refractivity contribution in [2.75, 3.05) is 26.9 Å². The highest BCUT2D eigenvalue weighted by Gasteiger charge is 2.21. The van der Waals surface area contributed by atoms with Crippen LogP contribution in [0.25, 0.3) is 11.1 Å². The van der Waals surface area contributed by atoms with Gasteiger partial charge in [-0.3, -0.25) is 9.69 Å². The lowest BCUT2D eigenvalue weighted by Gasteiger charge is -2.12. The van der Waals surface area contributed by atoms with Crippen LogP contribution in [0.4, 0.5) is 10.3 Å². The Morgan fingerprint density at radius 1 is 1.28 bits per heavy atom. The molecule has 1 unspecified atom stereocenters. The summed E-state index contributed by atoms with van der Waals surface area (Å²) in [6.07, 6.45) is 0.756. The molecule has 0 bridgehead atoms. The van der Waals surface area contributed by atoms with Crippen molar-refractivity contribution >= 4 is 17.7 Å². The number of carbonyl (C=O) groups is 1. The molecule has 166 valence electrons. The molecule has 0 radical (unpaired) electrons. The van der Waals surface area contributed by atoms with Gasteiger partial charge in [-0.15, -0.1) is 0 Å². The summed E-state index contributed by atoms with van der Waals surface area (Å²) in [5.74, 6) is 0.663. The number of amides is 1. The highest BCUT2D eigenvalue weighted by molar-refractivity contribution is 5.83. The first-order chi connectivity index (χ1) is 15.5. The van der Waals surface area contributed by atoms with E-state index in [0.29, 0.717) is 37.1 Å². The third-order valence-electron chi connectivity index (χ3n) is 5.40. The van der Waals surface area contributed by atoms with Crippen LogP contribution in [-0.4, -0.2) is 48.7 Å². The molecule has 0 aliphatic carbocycles. The van der Waals surface area contributed by atoms with Gasteiger partial charge in [0.2, 0.25) is 11.8 Å². The smallest absolute Gasteiger partial charge is 0.253 e. The number of aliphatic imine (C=N–C) groups is 1. The van der Waals surface area contributed by atoms with E-state index in [4.69, 9.17) is 9.26 Å². The van der Waals surface area contributed by atoms with Crippen LogP contribution in [0.1, 0.15) is 24.1 Å². The Morgan fingerprint density at radius 3 is 2.75 bits per heavy atom. The number of carbonyl (C=O) groups excluding carboxylic acids is 1. The second-order valence-corrected chi connectivity index (χ2v) is 7.83. The van der Waals surface area contributed by atoms with Crippen molar-refractivity contribution in [1.82, 2.24) is 15.4 Å². The van der Waals surface area contributed by atoms with Gasteiger partial charge in [0.25, 0.3) is 5.88 Å². The van der Waals surface area contributed by atoms with Crippen LogP contribution in [0, 0.1) is 5.82 Å². The lowest BCUT2D eigenvalue weighted by Crippen LogP contribution is -2.29. The van der Waals surface area contributed by atoms with E-state index in [1.54, 1.807) is 18.2 Å². The fourth-order valence-corrected chi connectivity index (χ4v) is 3.62. The third kappa shape index (κ3) is 5.20. The monoisotopic (exact) mass is 436 g/mol. The average molecular weight is 436 g/mol. The number of hydrogen-bond donors (Lipinski definition) is 1. The van der Waals surface area contributed by atoms with Crippen LogP contribution < -0.4 is 5.32 Å². The minimum absolute atomic E-state index is 0.0156. The molecule has 1 atom stereocenters. The predicted octanol–water partition coefficient (Wildman–Crippen LogP) is 3.89. The van der Waals surface area contributed by atoms with Gasteiger partial charge in [0.1, 0.15) is 5.82 Å². The van der Waals surface area contributed by atoms with Crippen molar-refractivity contribution in [2.24, 2.45) is 4.99 Å². The van der Waals surface area contributed by atoms with Gasteiger partial charge in [-0.2, -0.15) is 4.99 Å². The molecule has 1 N–H and O–H groups in total. The van der Waals surface area contributed by atoms with Gasteiger partial charge in [0, 0.05) is 17.5 Å². The number of hydrogen-bond acceptors (Lipinski definition) is 6. The molecule has 4 rings (SSSR count). The van der Waals surface area contributed by atoms with E-state index in [2.05, 4.69) is 22.4 Å². The molecule has 8 heteroatoms. The average Bonchev–Trinajstić information content (AvgIpc) is 3.43. The topological polar surface area (TPSA) is 80.0 Å². The number of methoxy groups -OCH3 is 1. The molecule has 1 aromatic heterocycles. The number of rotatable bonds is 7. The Hall–Kier alpha value is -3.52. The van der Waals surface area contributed by atoms with Gasteiger partial charge >= 0.3 is 0 Å². The largest absolute Gasteiger partial charge is 0.483 e. The molecule has 1 aliphatic heterocycles. The van der Waals surface area contributed by atoms with Gasteiger partial charge in [0.05, 0.1) is 32.6 Å². The van der Waals surface area contributed by atoms with Gasteiger partial charge in [0.15, 0.2) is 0 Å². The van der Waals surface area contributed by atoms with E-state index in [1.165, 1.54) is 13.2 Å². The maximum Gasteiger partial charge on any atom is 0.253 e. The van der Waals surface area contributed by atoms with Crippen molar-refractivity contribution in [3.63, 3.8) is 0 Å². The summed E-state index contributed by atoms with van der Waals surface area (Å²) in [5, 5.41) is 6.90. The minimum atomic E-state index is -0.229. The van der Waals surface area contributed by atoms with Crippen LogP contribution in [0.2, 0.25) is 0 Å². The molecule has 32 heavy (non-hydrogen) atoms. The first-order valence-electron chi connectivity index (χ1n) is 10.4. The van der Waals surface area contributed by atoms with E-state index < -0.39 is 0 Å². The van der Waals surface area contributed by atoms with E-state index in [9.17, 15) is 9.18 Å². The maximum absolute atomic E-state index is 14.0. The number of benzene rings is 2. The lowest BCUT2D eigenvalue weighted by molar-refractivity contribution is -0.118. The van der Waals surface area contributed by atoms with Gasteiger partial charge in [-0.25, -0.2) is 4.39 Å². The summed E-state index contributed by atoms with van der Waals surface area (Å²) in [7, 11) is 1.54. The molecule has 0 spiro atoms. The first kappa shape index (κ1) is 21.7. The number of ether oxygens (including phenoxy) is 1. The van der Waals surface area contributed by atoms with E-state index >= 15 is 0 Å². The molecule has 1 amide bonds. The van der Waals surface area contributed by atoms with Crippen molar-refractivity contribution in [2.45, 2.75) is 19.3 Å². The molecule has 7 nitrogen and oxygen atoms in total. The Morgan fingerprint density at radius 2 is 2.06 bits per heavy atom. The molecule has 1 aliphatic rings. The van der Waals surface area contributed by atoms with Crippen molar-refractivity contribution in [3.8, 4) is 11.1 Å². The molecule has 2 aromatic carbocycles. The van der Waals surface area contributed by atoms with Crippen molar-refractivity contribution in [3.05, 3.63) is 71.7 Å². The fraction of sp³-hybridized carbons (Fsp3) is 0.292. The van der Waals surface area contributed by atoms with Gasteiger partial charge in [-0.1, -0.05) is 54.5 Å². The quantitative estimate of drug-likeness (QED) is 0.449. The third-order valence-corrected chi connectivity index (χ3v) is 5.40. The molecule has 2 heterocycles. The predicted molar refractivity (Wildman–Crippen MR) is 119 cm³/mol. The normalized spacial score (nSPS) is 15.6. The molecule has 1 saturated heterocycles. The standard InChI is InChI=1S/C24H25FN4O3/c1-16(11-17-7-9-18(10-8-17)19-5-3-4-6-20(19)25)21-12-23(32-28-21)27-24(31-2)14-29-13-22(30)26-15-29/h3-10,12,16H,11,13-15H2,1-2H3,(H,26,30).